The van der Waals surface area contributed by atoms with Gasteiger partial charge in [0.05, 0.1) is 6.61 Å². The molecule has 0 bridgehead atoms. The molecule has 1 aromatic carbocycles. The van der Waals surface area contributed by atoms with E-state index >= 15 is 0 Å². The number of benzene rings is 1. The van der Waals surface area contributed by atoms with Gasteiger partial charge in [0.25, 0.3) is 0 Å². The van der Waals surface area contributed by atoms with Crippen LogP contribution in [0.1, 0.15) is 37.8 Å². The Morgan fingerprint density at radius 2 is 2.00 bits per heavy atom. The first-order valence-corrected chi connectivity index (χ1v) is 5.62. The molecule has 0 aromatic heterocycles. The van der Waals surface area contributed by atoms with Crippen LogP contribution in [0.4, 0.5) is 0 Å². The molecule has 0 amide bonds. The number of carboxylic acid groups (broad SMARTS) is 1. The van der Waals surface area contributed by atoms with Crippen molar-refractivity contribution in [1.82, 2.24) is 0 Å². The standard InChI is InChI=1S/C11H12O3.C2H6/c1-7-9-5-3-2-4-8(9)6-14-10(7)11(12)13;1-2/h2-5,7,10H,6H2,1H3,(H,12,13);1-2H3. The van der Waals surface area contributed by atoms with E-state index in [1.54, 1.807) is 0 Å². The van der Waals surface area contributed by atoms with Gasteiger partial charge in [0.15, 0.2) is 6.10 Å². The van der Waals surface area contributed by atoms with E-state index in [9.17, 15) is 4.79 Å². The van der Waals surface area contributed by atoms with E-state index in [4.69, 9.17) is 9.84 Å². The maximum atomic E-state index is 10.8. The smallest absolute Gasteiger partial charge is 0.333 e. The van der Waals surface area contributed by atoms with Gasteiger partial charge in [0.1, 0.15) is 0 Å². The molecule has 3 heteroatoms. The van der Waals surface area contributed by atoms with Crippen molar-refractivity contribution in [3.63, 3.8) is 0 Å². The molecular formula is C13H18O3. The normalized spacial score (nSPS) is 22.7. The molecule has 16 heavy (non-hydrogen) atoms. The van der Waals surface area contributed by atoms with Crippen LogP contribution in [0.5, 0.6) is 0 Å². The Labute approximate surface area is 96.1 Å². The molecule has 0 saturated heterocycles. The minimum atomic E-state index is -0.882. The fourth-order valence-corrected chi connectivity index (χ4v) is 1.88. The van der Waals surface area contributed by atoms with Gasteiger partial charge in [-0.1, -0.05) is 45.0 Å². The van der Waals surface area contributed by atoms with Crippen LogP contribution < -0.4 is 0 Å². The molecule has 1 heterocycles. The maximum Gasteiger partial charge on any atom is 0.333 e. The van der Waals surface area contributed by atoms with Gasteiger partial charge in [-0.15, -0.1) is 0 Å². The molecule has 0 radical (unpaired) electrons. The van der Waals surface area contributed by atoms with Gasteiger partial charge >= 0.3 is 5.97 Å². The summed E-state index contributed by atoms with van der Waals surface area (Å²) >= 11 is 0. The summed E-state index contributed by atoms with van der Waals surface area (Å²) < 4.78 is 5.28. The molecule has 0 aliphatic carbocycles. The highest BCUT2D eigenvalue weighted by Gasteiger charge is 2.31. The minimum absolute atomic E-state index is 0.0718. The van der Waals surface area contributed by atoms with Gasteiger partial charge in [-0.3, -0.25) is 0 Å². The molecule has 2 unspecified atom stereocenters. The molecule has 1 aromatic rings. The van der Waals surface area contributed by atoms with Gasteiger partial charge in [0, 0.05) is 5.92 Å². The van der Waals surface area contributed by atoms with E-state index in [-0.39, 0.29) is 5.92 Å². The molecule has 3 nitrogen and oxygen atoms in total. The quantitative estimate of drug-likeness (QED) is 0.794. The average molecular weight is 222 g/mol. The van der Waals surface area contributed by atoms with Crippen molar-refractivity contribution in [2.24, 2.45) is 0 Å². The average Bonchev–Trinajstić information content (AvgIpc) is 2.32. The number of carboxylic acids is 1. The molecule has 0 spiro atoms. The van der Waals surface area contributed by atoms with Crippen LogP contribution in [-0.2, 0) is 16.1 Å². The van der Waals surface area contributed by atoms with Crippen molar-refractivity contribution in [2.45, 2.75) is 39.4 Å². The van der Waals surface area contributed by atoms with E-state index in [1.807, 2.05) is 45.0 Å². The number of hydrogen-bond acceptors (Lipinski definition) is 2. The molecule has 2 atom stereocenters. The van der Waals surface area contributed by atoms with Crippen molar-refractivity contribution < 1.29 is 14.6 Å². The Bertz CT molecular complexity index is 360. The van der Waals surface area contributed by atoms with Crippen molar-refractivity contribution in [1.29, 1.82) is 0 Å². The predicted molar refractivity (Wildman–Crippen MR) is 62.4 cm³/mol. The van der Waals surface area contributed by atoms with Crippen molar-refractivity contribution in [2.75, 3.05) is 0 Å². The summed E-state index contributed by atoms with van der Waals surface area (Å²) in [7, 11) is 0. The SMILES string of the molecule is CC.CC1c2ccccc2COC1C(=O)O. The highest BCUT2D eigenvalue weighted by Crippen LogP contribution is 2.30. The fraction of sp³-hybridized carbons (Fsp3) is 0.462. The van der Waals surface area contributed by atoms with E-state index in [2.05, 4.69) is 0 Å². The van der Waals surface area contributed by atoms with Gasteiger partial charge in [-0.05, 0) is 11.1 Å². The highest BCUT2D eigenvalue weighted by molar-refractivity contribution is 5.74. The first kappa shape index (κ1) is 12.7. The number of aliphatic carboxylic acids is 1. The Hall–Kier alpha value is -1.35. The second-order valence-corrected chi connectivity index (χ2v) is 3.56. The Kier molecular flexibility index (Phi) is 4.50. The van der Waals surface area contributed by atoms with Crippen LogP contribution in [-0.4, -0.2) is 17.2 Å². The highest BCUT2D eigenvalue weighted by atomic mass is 16.5. The third-order valence-electron chi connectivity index (χ3n) is 2.66. The Morgan fingerprint density at radius 3 is 2.62 bits per heavy atom. The minimum Gasteiger partial charge on any atom is -0.479 e. The zero-order valence-electron chi connectivity index (χ0n) is 9.93. The van der Waals surface area contributed by atoms with Crippen LogP contribution >= 0.6 is 0 Å². The summed E-state index contributed by atoms with van der Waals surface area (Å²) in [6, 6.07) is 7.82. The third-order valence-corrected chi connectivity index (χ3v) is 2.66. The van der Waals surface area contributed by atoms with E-state index in [0.717, 1.165) is 11.1 Å². The molecule has 1 aliphatic rings. The first-order valence-electron chi connectivity index (χ1n) is 5.62. The lowest BCUT2D eigenvalue weighted by Crippen LogP contribution is -2.33. The molecular weight excluding hydrogens is 204 g/mol. The molecule has 0 fully saturated rings. The van der Waals surface area contributed by atoms with Crippen molar-refractivity contribution in [3.8, 4) is 0 Å². The number of ether oxygens (including phenoxy) is 1. The molecule has 1 N–H and O–H groups in total. The van der Waals surface area contributed by atoms with E-state index in [1.165, 1.54) is 0 Å². The van der Waals surface area contributed by atoms with Crippen molar-refractivity contribution in [3.05, 3.63) is 35.4 Å². The zero-order valence-corrected chi connectivity index (χ0v) is 9.93. The molecule has 0 saturated carbocycles. The van der Waals surface area contributed by atoms with E-state index in [0.29, 0.717) is 6.61 Å². The second-order valence-electron chi connectivity index (χ2n) is 3.56. The number of rotatable bonds is 1. The lowest BCUT2D eigenvalue weighted by Gasteiger charge is -2.28. The summed E-state index contributed by atoms with van der Waals surface area (Å²) in [5, 5.41) is 8.91. The van der Waals surface area contributed by atoms with Gasteiger partial charge < -0.3 is 9.84 Å². The number of hydrogen-bond donors (Lipinski definition) is 1. The fourth-order valence-electron chi connectivity index (χ4n) is 1.88. The van der Waals surface area contributed by atoms with Gasteiger partial charge in [0.2, 0.25) is 0 Å². The van der Waals surface area contributed by atoms with E-state index < -0.39 is 12.1 Å². The Morgan fingerprint density at radius 1 is 1.38 bits per heavy atom. The molecule has 2 rings (SSSR count). The Balaban J connectivity index is 0.000000606. The van der Waals surface area contributed by atoms with Crippen LogP contribution in [0.2, 0.25) is 0 Å². The first-order chi connectivity index (χ1) is 7.70. The third kappa shape index (κ3) is 2.42. The topological polar surface area (TPSA) is 46.5 Å². The number of fused-ring (bicyclic) bond motifs is 1. The van der Waals surface area contributed by atoms with Crippen LogP contribution in [0.25, 0.3) is 0 Å². The maximum absolute atomic E-state index is 10.8. The largest absolute Gasteiger partial charge is 0.479 e. The van der Waals surface area contributed by atoms with Crippen LogP contribution in [0, 0.1) is 0 Å². The molecule has 1 aliphatic heterocycles. The summed E-state index contributed by atoms with van der Waals surface area (Å²) in [5.41, 5.74) is 2.18. The van der Waals surface area contributed by atoms with Crippen LogP contribution in [0.15, 0.2) is 24.3 Å². The van der Waals surface area contributed by atoms with Crippen molar-refractivity contribution >= 4 is 5.97 Å². The summed E-state index contributed by atoms with van der Waals surface area (Å²) in [5.74, 6) is -0.954. The van der Waals surface area contributed by atoms with Gasteiger partial charge in [-0.2, -0.15) is 0 Å². The predicted octanol–water partition coefficient (Wildman–Crippen LogP) is 2.80. The summed E-state index contributed by atoms with van der Waals surface area (Å²) in [4.78, 5) is 10.8. The lowest BCUT2D eigenvalue weighted by molar-refractivity contribution is -0.153. The zero-order chi connectivity index (χ0) is 12.1. The molecule has 88 valence electrons. The van der Waals surface area contributed by atoms with Gasteiger partial charge in [-0.25, -0.2) is 4.79 Å². The lowest BCUT2D eigenvalue weighted by atomic mass is 9.89. The summed E-state index contributed by atoms with van der Waals surface area (Å²) in [6.45, 7) is 6.29. The monoisotopic (exact) mass is 222 g/mol. The number of carbonyl (C=O) groups is 1. The van der Waals surface area contributed by atoms with Crippen LogP contribution in [0.3, 0.4) is 0 Å². The summed E-state index contributed by atoms with van der Waals surface area (Å²) in [6.07, 6.45) is -0.704. The second kappa shape index (κ2) is 5.66.